The smallest absolute Gasteiger partial charge is 0.252 e. The molecule has 0 saturated carbocycles. The van der Waals surface area contributed by atoms with E-state index in [1.807, 2.05) is 7.05 Å². The number of imide groups is 1. The van der Waals surface area contributed by atoms with Crippen LogP contribution < -0.4 is 5.32 Å². The number of rotatable bonds is 3. The van der Waals surface area contributed by atoms with Crippen LogP contribution in [0, 0.1) is 0 Å². The Bertz CT molecular complexity index is 426. The van der Waals surface area contributed by atoms with E-state index in [-0.39, 0.29) is 18.2 Å². The monoisotopic (exact) mass is 222 g/mol. The van der Waals surface area contributed by atoms with Crippen LogP contribution in [0.25, 0.3) is 0 Å². The van der Waals surface area contributed by atoms with Crippen molar-refractivity contribution < 1.29 is 9.59 Å². The third-order valence-electron chi connectivity index (χ3n) is 2.80. The van der Waals surface area contributed by atoms with Crippen molar-refractivity contribution in [1.29, 1.82) is 0 Å². The van der Waals surface area contributed by atoms with E-state index in [2.05, 4.69) is 10.3 Å². The van der Waals surface area contributed by atoms with Crippen LogP contribution in [0.5, 0.6) is 0 Å². The summed E-state index contributed by atoms with van der Waals surface area (Å²) in [6.45, 7) is 0.627. The van der Waals surface area contributed by atoms with Crippen LogP contribution >= 0.6 is 0 Å². The van der Waals surface area contributed by atoms with Gasteiger partial charge >= 0.3 is 0 Å². The number of likely N-dealkylation sites (tertiary alicyclic amines) is 1. The van der Waals surface area contributed by atoms with Crippen LogP contribution in [-0.2, 0) is 16.1 Å². The van der Waals surface area contributed by atoms with Gasteiger partial charge in [-0.3, -0.25) is 14.5 Å². The van der Waals surface area contributed by atoms with Gasteiger partial charge in [-0.2, -0.15) is 0 Å². The Morgan fingerprint density at radius 2 is 2.31 bits per heavy atom. The fourth-order valence-electron chi connectivity index (χ4n) is 1.88. The summed E-state index contributed by atoms with van der Waals surface area (Å²) in [6.07, 6.45) is 3.52. The molecule has 86 valence electrons. The summed E-state index contributed by atoms with van der Waals surface area (Å²) in [5, 5.41) is 3.00. The van der Waals surface area contributed by atoms with Crippen molar-refractivity contribution in [3.63, 3.8) is 0 Å². The van der Waals surface area contributed by atoms with Gasteiger partial charge in [0.05, 0.1) is 18.4 Å². The summed E-state index contributed by atoms with van der Waals surface area (Å²) in [4.78, 5) is 28.4. The Hall–Kier alpha value is -1.69. The first-order valence-corrected chi connectivity index (χ1v) is 5.11. The molecule has 0 aromatic carbocycles. The molecular formula is C10H14N4O2. The average Bonchev–Trinajstić information content (AvgIpc) is 2.80. The highest BCUT2D eigenvalue weighted by atomic mass is 16.2. The number of nitrogens with zero attached hydrogens (tertiary/aromatic N) is 3. The third-order valence-corrected chi connectivity index (χ3v) is 2.80. The fraction of sp³-hybridized carbons (Fsp3) is 0.500. The summed E-state index contributed by atoms with van der Waals surface area (Å²) >= 11 is 0. The molecule has 0 bridgehead atoms. The van der Waals surface area contributed by atoms with Crippen molar-refractivity contribution in [1.82, 2.24) is 19.8 Å². The summed E-state index contributed by atoms with van der Waals surface area (Å²) < 4.78 is 1.76. The predicted octanol–water partition coefficient (Wildman–Crippen LogP) is -0.468. The van der Waals surface area contributed by atoms with Gasteiger partial charge in [-0.15, -0.1) is 0 Å². The van der Waals surface area contributed by atoms with E-state index in [9.17, 15) is 9.59 Å². The van der Waals surface area contributed by atoms with Gasteiger partial charge in [0.2, 0.25) is 5.91 Å². The first kappa shape index (κ1) is 10.8. The molecule has 6 nitrogen and oxygen atoms in total. The minimum absolute atomic E-state index is 0.140. The lowest BCUT2D eigenvalue weighted by molar-refractivity contribution is -0.137. The third kappa shape index (κ3) is 1.61. The van der Waals surface area contributed by atoms with Gasteiger partial charge in [0.15, 0.2) is 0 Å². The number of aromatic nitrogens is 2. The summed E-state index contributed by atoms with van der Waals surface area (Å²) in [6, 6.07) is -0.427. The van der Waals surface area contributed by atoms with Crippen molar-refractivity contribution in [2.75, 3.05) is 14.1 Å². The van der Waals surface area contributed by atoms with Crippen LogP contribution in [0.1, 0.15) is 18.2 Å². The normalized spacial score (nSPS) is 20.9. The molecule has 1 aromatic heterocycles. The van der Waals surface area contributed by atoms with Gasteiger partial charge in [-0.1, -0.05) is 0 Å². The Balaban J connectivity index is 2.28. The second-order valence-corrected chi connectivity index (χ2v) is 3.83. The lowest BCUT2D eigenvalue weighted by Crippen LogP contribution is -2.27. The number of hydrogen-bond acceptors (Lipinski definition) is 4. The molecule has 0 spiro atoms. The predicted molar refractivity (Wildman–Crippen MR) is 56.4 cm³/mol. The second-order valence-electron chi connectivity index (χ2n) is 3.83. The Morgan fingerprint density at radius 3 is 2.88 bits per heavy atom. The summed E-state index contributed by atoms with van der Waals surface area (Å²) in [5.74, 6) is -0.306. The highest BCUT2D eigenvalue weighted by Gasteiger charge is 2.37. The van der Waals surface area contributed by atoms with Gasteiger partial charge in [0.1, 0.15) is 6.04 Å². The van der Waals surface area contributed by atoms with Crippen LogP contribution in [-0.4, -0.2) is 40.4 Å². The zero-order valence-corrected chi connectivity index (χ0v) is 9.30. The standard InChI is InChI=1S/C10H14N4O2/c1-11-4-7-5-12-6-14(7)8-3-9(15)13(2)10(8)16/h5-6,8,11H,3-4H2,1-2H3. The SMILES string of the molecule is CNCc1cncn1C1CC(=O)N(C)C1=O. The zero-order chi connectivity index (χ0) is 11.7. The number of amides is 2. The van der Waals surface area contributed by atoms with Crippen LogP contribution in [0.2, 0.25) is 0 Å². The Kier molecular flexibility index (Phi) is 2.74. The molecule has 6 heteroatoms. The molecule has 1 aliphatic heterocycles. The first-order chi connectivity index (χ1) is 7.65. The maximum Gasteiger partial charge on any atom is 0.252 e. The van der Waals surface area contributed by atoms with Crippen molar-refractivity contribution in [3.05, 3.63) is 18.2 Å². The molecule has 2 amide bonds. The van der Waals surface area contributed by atoms with Gasteiger partial charge in [-0.05, 0) is 7.05 Å². The van der Waals surface area contributed by atoms with E-state index in [0.717, 1.165) is 5.69 Å². The molecule has 0 radical (unpaired) electrons. The van der Waals surface area contributed by atoms with E-state index >= 15 is 0 Å². The molecule has 1 fully saturated rings. The minimum Gasteiger partial charge on any atom is -0.320 e. The van der Waals surface area contributed by atoms with Gasteiger partial charge in [0.25, 0.3) is 5.91 Å². The number of carbonyl (C=O) groups is 2. The van der Waals surface area contributed by atoms with E-state index in [4.69, 9.17) is 0 Å². The molecule has 2 heterocycles. The van der Waals surface area contributed by atoms with Crippen LogP contribution in [0.15, 0.2) is 12.5 Å². The molecule has 16 heavy (non-hydrogen) atoms. The highest BCUT2D eigenvalue weighted by molar-refractivity contribution is 6.04. The van der Waals surface area contributed by atoms with Crippen LogP contribution in [0.3, 0.4) is 0 Å². The first-order valence-electron chi connectivity index (χ1n) is 5.11. The Morgan fingerprint density at radius 1 is 1.56 bits per heavy atom. The molecule has 1 aromatic rings. The van der Waals surface area contributed by atoms with Crippen molar-refractivity contribution in [2.24, 2.45) is 0 Å². The lowest BCUT2D eigenvalue weighted by Gasteiger charge is -2.13. The van der Waals surface area contributed by atoms with Crippen molar-refractivity contribution in [2.45, 2.75) is 19.0 Å². The highest BCUT2D eigenvalue weighted by Crippen LogP contribution is 2.24. The average molecular weight is 222 g/mol. The van der Waals surface area contributed by atoms with Gasteiger partial charge < -0.3 is 9.88 Å². The van der Waals surface area contributed by atoms with E-state index in [1.165, 1.54) is 11.9 Å². The second kappa shape index (κ2) is 4.05. The minimum atomic E-state index is -0.427. The molecule has 2 rings (SSSR count). The summed E-state index contributed by atoms with van der Waals surface area (Å²) in [7, 11) is 3.34. The molecule has 1 N–H and O–H groups in total. The van der Waals surface area contributed by atoms with Gasteiger partial charge in [-0.25, -0.2) is 4.98 Å². The number of hydrogen-bond donors (Lipinski definition) is 1. The molecule has 1 atom stereocenters. The molecule has 1 aliphatic rings. The Labute approximate surface area is 93.3 Å². The van der Waals surface area contributed by atoms with Crippen LogP contribution in [0.4, 0.5) is 0 Å². The lowest BCUT2D eigenvalue weighted by atomic mass is 10.2. The van der Waals surface area contributed by atoms with Crippen molar-refractivity contribution in [3.8, 4) is 0 Å². The maximum atomic E-state index is 11.8. The molecule has 1 unspecified atom stereocenters. The van der Waals surface area contributed by atoms with E-state index in [0.29, 0.717) is 6.54 Å². The van der Waals surface area contributed by atoms with E-state index < -0.39 is 6.04 Å². The maximum absolute atomic E-state index is 11.8. The van der Waals surface area contributed by atoms with E-state index in [1.54, 1.807) is 17.1 Å². The number of imidazole rings is 1. The van der Waals surface area contributed by atoms with Gasteiger partial charge in [0, 0.05) is 19.8 Å². The zero-order valence-electron chi connectivity index (χ0n) is 9.30. The molecular weight excluding hydrogens is 208 g/mol. The molecule has 0 aliphatic carbocycles. The quantitative estimate of drug-likeness (QED) is 0.702. The largest absolute Gasteiger partial charge is 0.320 e. The van der Waals surface area contributed by atoms with Crippen molar-refractivity contribution >= 4 is 11.8 Å². The number of carbonyl (C=O) groups excluding carboxylic acids is 2. The fourth-order valence-corrected chi connectivity index (χ4v) is 1.88. The summed E-state index contributed by atoms with van der Waals surface area (Å²) in [5.41, 5.74) is 0.906. The topological polar surface area (TPSA) is 67.2 Å². The molecule has 1 saturated heterocycles. The number of nitrogens with one attached hydrogen (secondary N) is 1. The number of likely N-dealkylation sites (N-methyl/N-ethyl adjacent to an activating group) is 1.